The van der Waals surface area contributed by atoms with Crippen molar-refractivity contribution in [2.24, 2.45) is 0 Å². The number of ether oxygens (including phenoxy) is 2. The van der Waals surface area contributed by atoms with E-state index in [1.807, 2.05) is 10.6 Å². The standard InChI is InChI=1S/C23H20ClN5O4/c1-13-21(22(30)23(31)28-14-6-7-25-20(8-14)33-3)17-9-16(32-2)4-5-18(17)29(13)12-15-10-27-19(24)11-26-15/h4-11H,12H2,1-3H3,(H,25,28,31). The van der Waals surface area contributed by atoms with Crippen LogP contribution < -0.4 is 14.8 Å². The molecule has 9 nitrogen and oxygen atoms in total. The minimum Gasteiger partial charge on any atom is -0.497 e. The molecule has 3 heterocycles. The molecule has 0 atom stereocenters. The molecule has 0 fully saturated rings. The van der Waals surface area contributed by atoms with Crippen LogP contribution in [-0.2, 0) is 11.3 Å². The number of hydrogen-bond acceptors (Lipinski definition) is 7. The summed E-state index contributed by atoms with van der Waals surface area (Å²) in [4.78, 5) is 38.5. The van der Waals surface area contributed by atoms with Gasteiger partial charge in [0.15, 0.2) is 0 Å². The highest BCUT2D eigenvalue weighted by Gasteiger charge is 2.26. The summed E-state index contributed by atoms with van der Waals surface area (Å²) in [6.07, 6.45) is 4.51. The average molecular weight is 466 g/mol. The van der Waals surface area contributed by atoms with Crippen LogP contribution in [0.2, 0.25) is 5.15 Å². The van der Waals surface area contributed by atoms with Gasteiger partial charge in [0.1, 0.15) is 10.9 Å². The summed E-state index contributed by atoms with van der Waals surface area (Å²) in [7, 11) is 3.01. The summed E-state index contributed by atoms with van der Waals surface area (Å²) < 4.78 is 12.3. The van der Waals surface area contributed by atoms with Crippen molar-refractivity contribution in [3.63, 3.8) is 0 Å². The lowest BCUT2D eigenvalue weighted by Crippen LogP contribution is -2.23. The highest BCUT2D eigenvalue weighted by molar-refractivity contribution is 6.48. The molecule has 0 radical (unpaired) electrons. The Labute approximate surface area is 194 Å². The molecule has 0 saturated heterocycles. The van der Waals surface area contributed by atoms with Crippen LogP contribution in [0.1, 0.15) is 21.7 Å². The number of amides is 1. The number of pyridine rings is 1. The summed E-state index contributed by atoms with van der Waals surface area (Å²) in [6, 6.07) is 8.48. The van der Waals surface area contributed by atoms with E-state index in [2.05, 4.69) is 20.3 Å². The van der Waals surface area contributed by atoms with Gasteiger partial charge >= 0.3 is 0 Å². The number of fused-ring (bicyclic) bond motifs is 1. The van der Waals surface area contributed by atoms with E-state index in [0.717, 1.165) is 5.52 Å². The third kappa shape index (κ3) is 4.49. The fourth-order valence-electron chi connectivity index (χ4n) is 3.56. The van der Waals surface area contributed by atoms with Gasteiger partial charge in [0.05, 0.1) is 44.4 Å². The highest BCUT2D eigenvalue weighted by atomic mass is 35.5. The number of anilines is 1. The smallest absolute Gasteiger partial charge is 0.296 e. The second-order valence-corrected chi connectivity index (χ2v) is 7.52. The molecular weight excluding hydrogens is 446 g/mol. The van der Waals surface area contributed by atoms with Crippen LogP contribution in [-0.4, -0.2) is 45.4 Å². The monoisotopic (exact) mass is 465 g/mol. The number of carbonyl (C=O) groups is 2. The SMILES string of the molecule is COc1ccc2c(c1)c(C(=O)C(=O)Nc1ccnc(OC)c1)c(C)n2Cc1cnc(Cl)cn1. The molecule has 4 rings (SSSR count). The first-order chi connectivity index (χ1) is 15.9. The molecule has 168 valence electrons. The number of ketones is 1. The molecule has 10 heteroatoms. The van der Waals surface area contributed by atoms with Crippen LogP contribution in [0.5, 0.6) is 11.6 Å². The van der Waals surface area contributed by atoms with Gasteiger partial charge in [-0.1, -0.05) is 11.6 Å². The Kier molecular flexibility index (Phi) is 6.23. The number of hydrogen-bond donors (Lipinski definition) is 1. The third-order valence-corrected chi connectivity index (χ3v) is 5.35. The van der Waals surface area contributed by atoms with Crippen LogP contribution in [0, 0.1) is 6.92 Å². The second-order valence-electron chi connectivity index (χ2n) is 7.13. The summed E-state index contributed by atoms with van der Waals surface area (Å²) >= 11 is 5.85. The molecule has 0 unspecified atom stereocenters. The van der Waals surface area contributed by atoms with E-state index in [1.54, 1.807) is 38.4 Å². The molecule has 1 amide bonds. The van der Waals surface area contributed by atoms with Gasteiger partial charge in [0.2, 0.25) is 5.88 Å². The number of nitrogens with zero attached hydrogens (tertiary/aromatic N) is 4. The zero-order chi connectivity index (χ0) is 23.5. The maximum Gasteiger partial charge on any atom is 0.296 e. The maximum atomic E-state index is 13.3. The van der Waals surface area contributed by atoms with Crippen molar-refractivity contribution in [1.29, 1.82) is 0 Å². The lowest BCUT2D eigenvalue weighted by Gasteiger charge is -2.09. The van der Waals surface area contributed by atoms with Crippen LogP contribution >= 0.6 is 11.6 Å². The normalized spacial score (nSPS) is 10.8. The molecule has 1 N–H and O–H groups in total. The van der Waals surface area contributed by atoms with E-state index in [-0.39, 0.29) is 10.7 Å². The lowest BCUT2D eigenvalue weighted by atomic mass is 10.1. The predicted molar refractivity (Wildman–Crippen MR) is 123 cm³/mol. The Hall–Kier alpha value is -3.98. The van der Waals surface area contributed by atoms with Gasteiger partial charge in [-0.25, -0.2) is 9.97 Å². The van der Waals surface area contributed by atoms with Crippen LogP contribution in [0.3, 0.4) is 0 Å². The van der Waals surface area contributed by atoms with Crippen LogP contribution in [0.15, 0.2) is 48.9 Å². The van der Waals surface area contributed by atoms with Crippen molar-refractivity contribution in [3.05, 3.63) is 71.0 Å². The molecule has 33 heavy (non-hydrogen) atoms. The third-order valence-electron chi connectivity index (χ3n) is 5.16. The molecule has 1 aromatic carbocycles. The van der Waals surface area contributed by atoms with Gasteiger partial charge in [-0.3, -0.25) is 14.6 Å². The lowest BCUT2D eigenvalue weighted by molar-refractivity contribution is -0.112. The van der Waals surface area contributed by atoms with Gasteiger partial charge in [-0.05, 0) is 31.2 Å². The second kappa shape index (κ2) is 9.25. The van der Waals surface area contributed by atoms with E-state index in [9.17, 15) is 9.59 Å². The van der Waals surface area contributed by atoms with E-state index >= 15 is 0 Å². The van der Waals surface area contributed by atoms with Crippen molar-refractivity contribution in [1.82, 2.24) is 19.5 Å². The molecule has 4 aromatic rings. The van der Waals surface area contributed by atoms with E-state index in [1.165, 1.54) is 25.6 Å². The molecular formula is C23H20ClN5O4. The molecule has 0 spiro atoms. The topological polar surface area (TPSA) is 108 Å². The number of aromatic nitrogens is 4. The Balaban J connectivity index is 1.75. The zero-order valence-electron chi connectivity index (χ0n) is 18.1. The number of benzene rings is 1. The number of rotatable bonds is 7. The Morgan fingerprint density at radius 3 is 2.58 bits per heavy atom. The molecule has 0 saturated carbocycles. The Morgan fingerprint density at radius 2 is 1.88 bits per heavy atom. The van der Waals surface area contributed by atoms with Gasteiger partial charge in [0, 0.05) is 34.5 Å². The minimum atomic E-state index is -0.778. The summed E-state index contributed by atoms with van der Waals surface area (Å²) in [5.74, 6) is -0.567. The number of nitrogens with one attached hydrogen (secondary N) is 1. The first-order valence-corrected chi connectivity index (χ1v) is 10.3. The summed E-state index contributed by atoms with van der Waals surface area (Å²) in [5, 5.41) is 3.50. The zero-order valence-corrected chi connectivity index (χ0v) is 18.9. The van der Waals surface area contributed by atoms with Crippen LogP contribution in [0.25, 0.3) is 10.9 Å². The average Bonchev–Trinajstić information content (AvgIpc) is 3.10. The summed E-state index contributed by atoms with van der Waals surface area (Å²) in [5.41, 5.74) is 2.71. The largest absolute Gasteiger partial charge is 0.497 e. The van der Waals surface area contributed by atoms with Gasteiger partial charge < -0.3 is 19.4 Å². The minimum absolute atomic E-state index is 0.282. The van der Waals surface area contributed by atoms with Crippen molar-refractivity contribution in [2.75, 3.05) is 19.5 Å². The highest BCUT2D eigenvalue weighted by Crippen LogP contribution is 2.31. The van der Waals surface area contributed by atoms with Crippen LogP contribution in [0.4, 0.5) is 5.69 Å². The van der Waals surface area contributed by atoms with Crippen molar-refractivity contribution in [3.8, 4) is 11.6 Å². The Morgan fingerprint density at radius 1 is 1.06 bits per heavy atom. The van der Waals surface area contributed by atoms with E-state index in [4.69, 9.17) is 21.1 Å². The number of carbonyl (C=O) groups excluding carboxylic acids is 2. The fourth-order valence-corrected chi connectivity index (χ4v) is 3.66. The molecule has 0 bridgehead atoms. The first-order valence-electron chi connectivity index (χ1n) is 9.90. The molecule has 3 aromatic heterocycles. The molecule has 0 aliphatic carbocycles. The van der Waals surface area contributed by atoms with Gasteiger partial charge in [0.25, 0.3) is 11.7 Å². The Bertz CT molecular complexity index is 1350. The molecule has 0 aliphatic rings. The van der Waals surface area contributed by atoms with Gasteiger partial charge in [-0.2, -0.15) is 0 Å². The maximum absolute atomic E-state index is 13.3. The number of methoxy groups -OCH3 is 2. The van der Waals surface area contributed by atoms with Crippen molar-refractivity contribution < 1.29 is 19.1 Å². The fraction of sp³-hybridized carbons (Fsp3) is 0.174. The quantitative estimate of drug-likeness (QED) is 0.327. The van der Waals surface area contributed by atoms with Crippen molar-refractivity contribution in [2.45, 2.75) is 13.5 Å². The van der Waals surface area contributed by atoms with E-state index < -0.39 is 11.7 Å². The number of Topliss-reactive ketones (excluding diaryl/α,β-unsaturated/α-hetero) is 1. The predicted octanol–water partition coefficient (Wildman–Crippen LogP) is 3.68. The summed E-state index contributed by atoms with van der Waals surface area (Å²) in [6.45, 7) is 2.13. The number of halogens is 1. The molecule has 0 aliphatic heterocycles. The van der Waals surface area contributed by atoms with E-state index in [0.29, 0.717) is 40.6 Å². The first kappa shape index (κ1) is 22.2. The van der Waals surface area contributed by atoms with Crippen molar-refractivity contribution >= 4 is 39.9 Å². The van der Waals surface area contributed by atoms with Gasteiger partial charge in [-0.15, -0.1) is 0 Å².